The van der Waals surface area contributed by atoms with Crippen LogP contribution in [0.15, 0.2) is 18.2 Å². The number of non-ortho nitro benzene ring substituents is 1. The molecule has 1 aliphatic rings. The topological polar surface area (TPSA) is 158 Å². The molecular weight excluding hydrogens is 312 g/mol. The summed E-state index contributed by atoms with van der Waals surface area (Å²) >= 11 is 0. The summed E-state index contributed by atoms with van der Waals surface area (Å²) in [5.74, 6) is 5.24. The third kappa shape index (κ3) is 4.13. The molecule has 4 unspecified atom stereocenters. The second-order valence-electron chi connectivity index (χ2n) is 5.06. The Morgan fingerprint density at radius 2 is 2.17 bits per heavy atom. The smallest absolute Gasteiger partial charge is 0.270 e. The minimum Gasteiger partial charge on any atom is -0.464 e. The van der Waals surface area contributed by atoms with Gasteiger partial charge in [-0.3, -0.25) is 15.0 Å². The molecular formula is C13H18N2O8. The Kier molecular flexibility index (Phi) is 5.82. The summed E-state index contributed by atoms with van der Waals surface area (Å²) in [7, 11) is 0. The first-order valence-electron chi connectivity index (χ1n) is 6.84. The minimum absolute atomic E-state index is 0.0302. The van der Waals surface area contributed by atoms with Crippen LogP contribution in [0.1, 0.15) is 12.0 Å². The molecule has 4 atom stereocenters. The molecule has 0 saturated carbocycles. The number of nitrogens with two attached hydrogens (primary N) is 1. The van der Waals surface area contributed by atoms with Crippen molar-refractivity contribution in [1.29, 1.82) is 0 Å². The van der Waals surface area contributed by atoms with Crippen LogP contribution in [0.2, 0.25) is 0 Å². The van der Waals surface area contributed by atoms with Gasteiger partial charge in [0.25, 0.3) is 5.69 Å². The summed E-state index contributed by atoms with van der Waals surface area (Å²) < 4.78 is 10.9. The molecule has 0 bridgehead atoms. The summed E-state index contributed by atoms with van der Waals surface area (Å²) in [6.45, 7) is -0.616. The maximum Gasteiger partial charge on any atom is 0.270 e. The van der Waals surface area contributed by atoms with E-state index in [9.17, 15) is 20.3 Å². The first-order valence-corrected chi connectivity index (χ1v) is 6.84. The standard InChI is InChI=1S/C13H18N2O8/c14-21-6-7-3-8(15(19)20)1-2-10(7)22-12-4-9(17)13(18)11(5-16)23-12/h1-3,9,11-13,16-18H,4-6,14H2. The molecule has 1 heterocycles. The van der Waals surface area contributed by atoms with Crippen LogP contribution in [-0.2, 0) is 16.2 Å². The molecule has 10 nitrogen and oxygen atoms in total. The number of ether oxygens (including phenoxy) is 2. The number of rotatable bonds is 6. The van der Waals surface area contributed by atoms with E-state index in [1.165, 1.54) is 18.2 Å². The van der Waals surface area contributed by atoms with Crippen molar-refractivity contribution in [2.24, 2.45) is 5.90 Å². The van der Waals surface area contributed by atoms with Crippen LogP contribution in [0.3, 0.4) is 0 Å². The van der Waals surface area contributed by atoms with Gasteiger partial charge in [-0.1, -0.05) is 0 Å². The first kappa shape index (κ1) is 17.5. The quantitative estimate of drug-likeness (QED) is 0.387. The third-order valence-corrected chi connectivity index (χ3v) is 3.47. The summed E-state index contributed by atoms with van der Waals surface area (Å²) in [6.07, 6.45) is -4.31. The van der Waals surface area contributed by atoms with Crippen LogP contribution >= 0.6 is 0 Å². The molecule has 128 valence electrons. The van der Waals surface area contributed by atoms with E-state index in [0.29, 0.717) is 5.56 Å². The highest BCUT2D eigenvalue weighted by molar-refractivity contribution is 5.43. The van der Waals surface area contributed by atoms with E-state index in [4.69, 9.17) is 20.5 Å². The average molecular weight is 330 g/mol. The zero-order valence-electron chi connectivity index (χ0n) is 12.1. The van der Waals surface area contributed by atoms with Crippen LogP contribution in [0.5, 0.6) is 5.75 Å². The van der Waals surface area contributed by atoms with Crippen molar-refractivity contribution in [3.05, 3.63) is 33.9 Å². The van der Waals surface area contributed by atoms with E-state index in [-0.39, 0.29) is 24.5 Å². The number of nitro benzene ring substituents is 1. The normalized spacial score (nSPS) is 27.7. The van der Waals surface area contributed by atoms with E-state index in [0.717, 1.165) is 0 Å². The summed E-state index contributed by atoms with van der Waals surface area (Å²) in [6, 6.07) is 3.86. The number of nitrogens with zero attached hydrogens (tertiary/aromatic N) is 1. The van der Waals surface area contributed by atoms with Crippen molar-refractivity contribution in [3.63, 3.8) is 0 Å². The maximum absolute atomic E-state index is 10.8. The molecule has 0 radical (unpaired) electrons. The van der Waals surface area contributed by atoms with Crippen LogP contribution in [0.25, 0.3) is 0 Å². The molecule has 0 spiro atoms. The zero-order chi connectivity index (χ0) is 17.0. The zero-order valence-corrected chi connectivity index (χ0v) is 12.1. The average Bonchev–Trinajstić information content (AvgIpc) is 2.52. The Bertz CT molecular complexity index is 555. The lowest BCUT2D eigenvalue weighted by atomic mass is 10.0. The summed E-state index contributed by atoms with van der Waals surface area (Å²) in [5, 5.41) is 39.4. The van der Waals surface area contributed by atoms with Crippen molar-refractivity contribution in [2.45, 2.75) is 37.6 Å². The van der Waals surface area contributed by atoms with Crippen molar-refractivity contribution in [1.82, 2.24) is 0 Å². The molecule has 23 heavy (non-hydrogen) atoms. The molecule has 2 rings (SSSR count). The lowest BCUT2D eigenvalue weighted by molar-refractivity contribution is -0.385. The van der Waals surface area contributed by atoms with Gasteiger partial charge in [0.2, 0.25) is 6.29 Å². The number of hydrogen-bond donors (Lipinski definition) is 4. The predicted molar refractivity (Wildman–Crippen MR) is 75.1 cm³/mol. The number of nitro groups is 1. The molecule has 1 aliphatic heterocycles. The van der Waals surface area contributed by atoms with Crippen LogP contribution < -0.4 is 10.6 Å². The van der Waals surface area contributed by atoms with Crippen LogP contribution in [0.4, 0.5) is 5.69 Å². The number of hydrogen-bond acceptors (Lipinski definition) is 9. The van der Waals surface area contributed by atoms with Gasteiger partial charge in [-0.05, 0) is 6.07 Å². The predicted octanol–water partition coefficient (Wildman–Crippen LogP) is -0.807. The van der Waals surface area contributed by atoms with Crippen LogP contribution in [0, 0.1) is 10.1 Å². The lowest BCUT2D eigenvalue weighted by Crippen LogP contribution is -2.51. The highest BCUT2D eigenvalue weighted by atomic mass is 16.7. The SMILES string of the molecule is NOCc1cc([N+](=O)[O-])ccc1OC1CC(O)C(O)C(CO)O1. The fourth-order valence-electron chi connectivity index (χ4n) is 2.28. The van der Waals surface area contributed by atoms with Gasteiger partial charge >= 0.3 is 0 Å². The van der Waals surface area contributed by atoms with Crippen molar-refractivity contribution in [3.8, 4) is 5.75 Å². The number of benzene rings is 1. The fourth-order valence-corrected chi connectivity index (χ4v) is 2.28. The molecule has 0 aliphatic carbocycles. The second kappa shape index (κ2) is 7.64. The molecule has 10 heteroatoms. The number of aliphatic hydroxyl groups excluding tert-OH is 3. The Morgan fingerprint density at radius 3 is 2.78 bits per heavy atom. The van der Waals surface area contributed by atoms with Gasteiger partial charge in [-0.2, -0.15) is 0 Å². The Hall–Kier alpha value is -1.82. The molecule has 1 fully saturated rings. The third-order valence-electron chi connectivity index (χ3n) is 3.47. The van der Waals surface area contributed by atoms with E-state index in [2.05, 4.69) is 4.84 Å². The Morgan fingerprint density at radius 1 is 1.43 bits per heavy atom. The fraction of sp³-hybridized carbons (Fsp3) is 0.538. The summed E-state index contributed by atoms with van der Waals surface area (Å²) in [5.41, 5.74) is 0.170. The van der Waals surface area contributed by atoms with Crippen molar-refractivity contribution in [2.75, 3.05) is 6.61 Å². The van der Waals surface area contributed by atoms with Crippen molar-refractivity contribution >= 4 is 5.69 Å². The molecule has 1 aromatic carbocycles. The first-order chi connectivity index (χ1) is 11.0. The van der Waals surface area contributed by atoms with Gasteiger partial charge in [0.1, 0.15) is 18.0 Å². The molecule has 5 N–H and O–H groups in total. The highest BCUT2D eigenvalue weighted by Gasteiger charge is 2.37. The Balaban J connectivity index is 2.17. The molecule has 0 aromatic heterocycles. The van der Waals surface area contributed by atoms with Crippen molar-refractivity contribution < 1.29 is 34.6 Å². The van der Waals surface area contributed by atoms with E-state index in [1.807, 2.05) is 0 Å². The van der Waals surface area contributed by atoms with E-state index >= 15 is 0 Å². The Labute approximate surface area is 131 Å². The van der Waals surface area contributed by atoms with Gasteiger partial charge < -0.3 is 24.8 Å². The summed E-state index contributed by atoms with van der Waals surface area (Å²) in [4.78, 5) is 14.7. The van der Waals surface area contributed by atoms with Gasteiger partial charge in [0, 0.05) is 24.1 Å². The van der Waals surface area contributed by atoms with Gasteiger partial charge in [-0.25, -0.2) is 5.90 Å². The van der Waals surface area contributed by atoms with Crippen LogP contribution in [-0.4, -0.2) is 51.5 Å². The highest BCUT2D eigenvalue weighted by Crippen LogP contribution is 2.29. The molecule has 1 aromatic rings. The second-order valence-corrected chi connectivity index (χ2v) is 5.06. The largest absolute Gasteiger partial charge is 0.464 e. The van der Waals surface area contributed by atoms with Gasteiger partial charge in [0.15, 0.2) is 0 Å². The lowest BCUT2D eigenvalue weighted by Gasteiger charge is -2.36. The monoisotopic (exact) mass is 330 g/mol. The maximum atomic E-state index is 10.8. The minimum atomic E-state index is -1.22. The van der Waals surface area contributed by atoms with Gasteiger partial charge in [0.05, 0.1) is 24.2 Å². The van der Waals surface area contributed by atoms with E-state index < -0.39 is 36.1 Å². The van der Waals surface area contributed by atoms with Gasteiger partial charge in [-0.15, -0.1) is 0 Å². The number of aliphatic hydroxyl groups is 3. The molecule has 1 saturated heterocycles. The van der Waals surface area contributed by atoms with E-state index in [1.54, 1.807) is 0 Å². The molecule has 0 amide bonds.